The maximum Gasteiger partial charge on any atom is 0.263 e. The first-order valence-corrected chi connectivity index (χ1v) is 9.94. The monoisotopic (exact) mass is 394 g/mol. The highest BCUT2D eigenvalue weighted by molar-refractivity contribution is 7.19. The molecule has 0 spiro atoms. The van der Waals surface area contributed by atoms with Gasteiger partial charge in [-0.2, -0.15) is 0 Å². The third kappa shape index (κ3) is 3.31. The first-order valence-electron chi connectivity index (χ1n) is 8.74. The van der Waals surface area contributed by atoms with Gasteiger partial charge in [-0.1, -0.05) is 47.5 Å². The van der Waals surface area contributed by atoms with Gasteiger partial charge in [0.15, 0.2) is 0 Å². The van der Waals surface area contributed by atoms with Gasteiger partial charge in [-0.25, -0.2) is 4.98 Å². The molecule has 0 unspecified atom stereocenters. The second kappa shape index (κ2) is 6.95. The summed E-state index contributed by atoms with van der Waals surface area (Å²) in [6.45, 7) is 6.66. The average molecular weight is 395 g/mol. The van der Waals surface area contributed by atoms with E-state index in [-0.39, 0.29) is 5.56 Å². The molecule has 4 aromatic rings. The Labute approximate surface area is 166 Å². The molecule has 136 valence electrons. The molecule has 4 rings (SSSR count). The van der Waals surface area contributed by atoms with Crippen LogP contribution in [-0.4, -0.2) is 9.55 Å². The minimum Gasteiger partial charge on any atom is -0.294 e. The third-order valence-electron chi connectivity index (χ3n) is 4.76. The lowest BCUT2D eigenvalue weighted by atomic mass is 9.97. The van der Waals surface area contributed by atoms with Gasteiger partial charge in [0.25, 0.3) is 5.56 Å². The summed E-state index contributed by atoms with van der Waals surface area (Å²) in [7, 11) is 0. The van der Waals surface area contributed by atoms with Crippen LogP contribution in [0.1, 0.15) is 21.6 Å². The van der Waals surface area contributed by atoms with Crippen LogP contribution in [0.3, 0.4) is 0 Å². The Morgan fingerprint density at radius 1 is 1.11 bits per heavy atom. The van der Waals surface area contributed by atoms with Gasteiger partial charge in [0.1, 0.15) is 4.83 Å². The van der Waals surface area contributed by atoms with Crippen LogP contribution < -0.4 is 5.56 Å². The van der Waals surface area contributed by atoms with Crippen molar-refractivity contribution >= 4 is 33.2 Å². The summed E-state index contributed by atoms with van der Waals surface area (Å²) in [4.78, 5) is 19.8. The number of benzene rings is 2. The molecule has 0 aliphatic carbocycles. The second-order valence-corrected chi connectivity index (χ2v) is 8.48. The molecule has 2 aromatic carbocycles. The van der Waals surface area contributed by atoms with E-state index in [4.69, 9.17) is 11.6 Å². The number of nitrogens with zero attached hydrogens (tertiary/aromatic N) is 2. The molecule has 0 saturated carbocycles. The maximum absolute atomic E-state index is 13.3. The van der Waals surface area contributed by atoms with Gasteiger partial charge in [0.2, 0.25) is 0 Å². The zero-order chi connectivity index (χ0) is 19.1. The van der Waals surface area contributed by atoms with E-state index in [1.165, 1.54) is 5.56 Å². The van der Waals surface area contributed by atoms with Crippen LogP contribution >= 0.6 is 22.9 Å². The average Bonchev–Trinajstić information content (AvgIpc) is 2.96. The summed E-state index contributed by atoms with van der Waals surface area (Å²) in [6.07, 6.45) is 1.63. The first kappa shape index (κ1) is 18.0. The molecule has 0 aliphatic rings. The molecule has 0 atom stereocenters. The molecule has 2 heterocycles. The highest BCUT2D eigenvalue weighted by Gasteiger charge is 2.18. The van der Waals surface area contributed by atoms with E-state index in [1.807, 2.05) is 24.3 Å². The van der Waals surface area contributed by atoms with Crippen molar-refractivity contribution in [2.75, 3.05) is 0 Å². The van der Waals surface area contributed by atoms with E-state index < -0.39 is 0 Å². The molecule has 0 bridgehead atoms. The summed E-state index contributed by atoms with van der Waals surface area (Å²) in [5, 5.41) is 1.37. The van der Waals surface area contributed by atoms with Crippen LogP contribution in [0.5, 0.6) is 0 Å². The molecule has 0 saturated heterocycles. The van der Waals surface area contributed by atoms with E-state index in [1.54, 1.807) is 22.2 Å². The Morgan fingerprint density at radius 2 is 1.93 bits per heavy atom. The molecule has 27 heavy (non-hydrogen) atoms. The SMILES string of the molecule is Cc1ccc(C)c(-c2c(C)sc3ncn(Cc4cccc(Cl)c4)c(=O)c23)c1. The van der Waals surface area contributed by atoms with Crippen LogP contribution in [0.2, 0.25) is 5.02 Å². The lowest BCUT2D eigenvalue weighted by molar-refractivity contribution is 0.749. The van der Waals surface area contributed by atoms with Crippen LogP contribution in [0, 0.1) is 20.8 Å². The summed E-state index contributed by atoms with van der Waals surface area (Å²) in [6, 6.07) is 13.9. The minimum absolute atomic E-state index is 0.0137. The van der Waals surface area contributed by atoms with E-state index in [2.05, 4.69) is 44.0 Å². The van der Waals surface area contributed by atoms with Crippen molar-refractivity contribution in [3.8, 4) is 11.1 Å². The molecule has 2 aromatic heterocycles. The number of aromatic nitrogens is 2. The van der Waals surface area contributed by atoms with Crippen molar-refractivity contribution in [2.24, 2.45) is 0 Å². The summed E-state index contributed by atoms with van der Waals surface area (Å²) < 4.78 is 1.66. The van der Waals surface area contributed by atoms with Crippen LogP contribution in [0.15, 0.2) is 53.6 Å². The van der Waals surface area contributed by atoms with Gasteiger partial charge in [-0.15, -0.1) is 11.3 Å². The third-order valence-corrected chi connectivity index (χ3v) is 6.01. The lowest BCUT2D eigenvalue weighted by Crippen LogP contribution is -2.21. The van der Waals surface area contributed by atoms with Crippen LogP contribution in [0.25, 0.3) is 21.3 Å². The Morgan fingerprint density at radius 3 is 2.70 bits per heavy atom. The number of hydrogen-bond acceptors (Lipinski definition) is 3. The van der Waals surface area contributed by atoms with Crippen LogP contribution in [0.4, 0.5) is 0 Å². The van der Waals surface area contributed by atoms with Crippen molar-refractivity contribution in [3.05, 3.63) is 85.7 Å². The van der Waals surface area contributed by atoms with Gasteiger partial charge in [0.05, 0.1) is 18.3 Å². The van der Waals surface area contributed by atoms with Gasteiger partial charge in [0, 0.05) is 15.5 Å². The molecule has 0 radical (unpaired) electrons. The van der Waals surface area contributed by atoms with E-state index in [0.717, 1.165) is 32.0 Å². The van der Waals surface area contributed by atoms with Crippen molar-refractivity contribution in [1.82, 2.24) is 9.55 Å². The zero-order valence-electron chi connectivity index (χ0n) is 15.4. The normalized spacial score (nSPS) is 11.3. The Hall–Kier alpha value is -2.43. The van der Waals surface area contributed by atoms with Gasteiger partial charge >= 0.3 is 0 Å². The number of halogens is 1. The number of fused-ring (bicyclic) bond motifs is 1. The number of hydrogen-bond donors (Lipinski definition) is 0. The fraction of sp³-hybridized carbons (Fsp3) is 0.182. The van der Waals surface area contributed by atoms with Crippen molar-refractivity contribution < 1.29 is 0 Å². The number of aryl methyl sites for hydroxylation is 3. The van der Waals surface area contributed by atoms with Crippen LogP contribution in [-0.2, 0) is 6.54 Å². The topological polar surface area (TPSA) is 34.9 Å². The predicted molar refractivity (Wildman–Crippen MR) is 114 cm³/mol. The fourth-order valence-corrected chi connectivity index (χ4v) is 4.62. The minimum atomic E-state index is -0.0137. The molecule has 3 nitrogen and oxygen atoms in total. The van der Waals surface area contributed by atoms with Crippen molar-refractivity contribution in [3.63, 3.8) is 0 Å². The Balaban J connectivity index is 1.92. The molecule has 0 fully saturated rings. The summed E-state index contributed by atoms with van der Waals surface area (Å²) >= 11 is 7.66. The Kier molecular flexibility index (Phi) is 4.62. The second-order valence-electron chi connectivity index (χ2n) is 6.84. The number of thiophene rings is 1. The van der Waals surface area contributed by atoms with E-state index in [0.29, 0.717) is 17.0 Å². The molecule has 0 N–H and O–H groups in total. The zero-order valence-corrected chi connectivity index (χ0v) is 17.0. The Bertz CT molecular complexity index is 1220. The quantitative estimate of drug-likeness (QED) is 0.443. The summed E-state index contributed by atoms with van der Waals surface area (Å²) in [5.74, 6) is 0. The first-order chi connectivity index (χ1) is 12.9. The molecular weight excluding hydrogens is 376 g/mol. The summed E-state index contributed by atoms with van der Waals surface area (Å²) in [5.41, 5.74) is 5.42. The molecule has 0 amide bonds. The number of rotatable bonds is 3. The predicted octanol–water partition coefficient (Wildman–Crippen LogP) is 5.75. The standard InChI is InChI=1S/C22H19ClN2OS/c1-13-7-8-14(2)18(9-13)19-15(3)27-21-20(19)22(26)25(12-24-21)11-16-5-4-6-17(23)10-16/h4-10,12H,11H2,1-3H3. The maximum atomic E-state index is 13.3. The molecular formula is C22H19ClN2OS. The fourth-order valence-electron chi connectivity index (χ4n) is 3.41. The van der Waals surface area contributed by atoms with Gasteiger partial charge in [-0.05, 0) is 49.6 Å². The largest absolute Gasteiger partial charge is 0.294 e. The molecule has 0 aliphatic heterocycles. The highest BCUT2D eigenvalue weighted by atomic mass is 35.5. The van der Waals surface area contributed by atoms with Crippen molar-refractivity contribution in [1.29, 1.82) is 0 Å². The molecule has 5 heteroatoms. The smallest absolute Gasteiger partial charge is 0.263 e. The highest BCUT2D eigenvalue weighted by Crippen LogP contribution is 2.37. The van der Waals surface area contributed by atoms with E-state index in [9.17, 15) is 4.79 Å². The van der Waals surface area contributed by atoms with Crippen molar-refractivity contribution in [2.45, 2.75) is 27.3 Å². The lowest BCUT2D eigenvalue weighted by Gasteiger charge is -2.09. The van der Waals surface area contributed by atoms with Gasteiger partial charge in [-0.3, -0.25) is 9.36 Å². The van der Waals surface area contributed by atoms with E-state index >= 15 is 0 Å². The van der Waals surface area contributed by atoms with Gasteiger partial charge < -0.3 is 0 Å².